The molecule has 8 heteroatoms. The van der Waals surface area contributed by atoms with E-state index in [0.29, 0.717) is 22.8 Å². The van der Waals surface area contributed by atoms with Gasteiger partial charge in [-0.15, -0.1) is 0 Å². The minimum Gasteiger partial charge on any atom is -0.467 e. The van der Waals surface area contributed by atoms with Crippen LogP contribution >= 0.6 is 0 Å². The summed E-state index contributed by atoms with van der Waals surface area (Å²) in [6, 6.07) is 14.3. The van der Waals surface area contributed by atoms with Gasteiger partial charge in [-0.2, -0.15) is 0 Å². The van der Waals surface area contributed by atoms with Gasteiger partial charge in [0, 0.05) is 18.2 Å². The maximum atomic E-state index is 13.4. The third-order valence-electron chi connectivity index (χ3n) is 5.38. The molecule has 0 bridgehead atoms. The lowest BCUT2D eigenvalue weighted by atomic mass is 10.1. The van der Waals surface area contributed by atoms with Crippen molar-refractivity contribution in [1.82, 2.24) is 9.80 Å². The maximum absolute atomic E-state index is 13.4. The van der Waals surface area contributed by atoms with Gasteiger partial charge in [0.1, 0.15) is 18.1 Å². The van der Waals surface area contributed by atoms with E-state index < -0.39 is 0 Å². The first-order chi connectivity index (χ1) is 15.9. The fourth-order valence-corrected chi connectivity index (χ4v) is 3.56. The Bertz CT molecular complexity index is 1110. The Labute approximate surface area is 191 Å². The largest absolute Gasteiger partial charge is 0.467 e. The Morgan fingerprint density at radius 2 is 1.76 bits per heavy atom. The molecule has 33 heavy (non-hydrogen) atoms. The van der Waals surface area contributed by atoms with Crippen molar-refractivity contribution in [3.63, 3.8) is 0 Å². The second-order valence-corrected chi connectivity index (χ2v) is 8.05. The van der Waals surface area contributed by atoms with Crippen molar-refractivity contribution in [3.05, 3.63) is 83.6 Å². The molecule has 7 nitrogen and oxygen atoms in total. The van der Waals surface area contributed by atoms with Crippen LogP contribution in [0.3, 0.4) is 0 Å². The van der Waals surface area contributed by atoms with Gasteiger partial charge in [0.2, 0.25) is 12.7 Å². The van der Waals surface area contributed by atoms with E-state index in [1.54, 1.807) is 53.6 Å². The van der Waals surface area contributed by atoms with Gasteiger partial charge in [0.05, 0.1) is 12.8 Å². The lowest BCUT2D eigenvalue weighted by molar-refractivity contribution is -0.133. The van der Waals surface area contributed by atoms with Crippen LogP contribution in [0.1, 0.15) is 35.5 Å². The Balaban J connectivity index is 1.53. The molecule has 0 saturated carbocycles. The minimum atomic E-state index is -0.344. The summed E-state index contributed by atoms with van der Waals surface area (Å²) in [4.78, 5) is 29.7. The average Bonchev–Trinajstić information content (AvgIpc) is 3.49. The predicted molar refractivity (Wildman–Crippen MR) is 118 cm³/mol. The third kappa shape index (κ3) is 5.34. The minimum absolute atomic E-state index is 0.116. The van der Waals surface area contributed by atoms with Crippen LogP contribution in [0.5, 0.6) is 11.5 Å². The van der Waals surface area contributed by atoms with E-state index >= 15 is 0 Å². The van der Waals surface area contributed by atoms with Crippen LogP contribution in [0.15, 0.2) is 65.3 Å². The summed E-state index contributed by atoms with van der Waals surface area (Å²) in [5, 5.41) is 0. The Hall–Kier alpha value is -3.81. The molecule has 0 fully saturated rings. The zero-order valence-electron chi connectivity index (χ0n) is 18.5. The van der Waals surface area contributed by atoms with E-state index in [2.05, 4.69) is 0 Å². The number of carbonyl (C=O) groups is 2. The van der Waals surface area contributed by atoms with Gasteiger partial charge >= 0.3 is 0 Å². The van der Waals surface area contributed by atoms with Crippen molar-refractivity contribution in [2.75, 3.05) is 13.3 Å². The molecule has 0 N–H and O–H groups in total. The Morgan fingerprint density at radius 3 is 2.45 bits per heavy atom. The van der Waals surface area contributed by atoms with Crippen molar-refractivity contribution in [3.8, 4) is 11.5 Å². The molecule has 3 aromatic rings. The molecule has 0 saturated heterocycles. The number of amides is 2. The molecule has 2 heterocycles. The zero-order valence-corrected chi connectivity index (χ0v) is 18.5. The molecule has 2 aromatic carbocycles. The van der Waals surface area contributed by atoms with E-state index in [0.717, 1.165) is 5.56 Å². The number of nitrogens with zero attached hydrogens (tertiary/aromatic N) is 2. The van der Waals surface area contributed by atoms with Crippen molar-refractivity contribution in [2.24, 2.45) is 0 Å². The second kappa shape index (κ2) is 9.77. The van der Waals surface area contributed by atoms with Gasteiger partial charge in [-0.3, -0.25) is 9.59 Å². The van der Waals surface area contributed by atoms with Crippen LogP contribution in [0.25, 0.3) is 0 Å². The SMILES string of the molecule is CC(C)N(CC(=O)N(Cc1ccc(F)cc1)Cc1ccco1)C(=O)c1ccc2c(c1)OCO2. The molecule has 0 aliphatic carbocycles. The lowest BCUT2D eigenvalue weighted by Gasteiger charge is -2.30. The first-order valence-electron chi connectivity index (χ1n) is 10.7. The fourth-order valence-electron chi connectivity index (χ4n) is 3.56. The van der Waals surface area contributed by atoms with E-state index in [4.69, 9.17) is 13.9 Å². The summed E-state index contributed by atoms with van der Waals surface area (Å²) in [6.45, 7) is 4.19. The van der Waals surface area contributed by atoms with Crippen molar-refractivity contribution in [1.29, 1.82) is 0 Å². The predicted octanol–water partition coefficient (Wildman–Crippen LogP) is 4.23. The molecule has 2 amide bonds. The highest BCUT2D eigenvalue weighted by atomic mass is 19.1. The quantitative estimate of drug-likeness (QED) is 0.512. The first-order valence-corrected chi connectivity index (χ1v) is 10.7. The number of halogens is 1. The number of carbonyl (C=O) groups excluding carboxylic acids is 2. The van der Waals surface area contributed by atoms with E-state index in [-0.39, 0.29) is 50.1 Å². The molecule has 0 atom stereocenters. The molecule has 0 spiro atoms. The van der Waals surface area contributed by atoms with Gasteiger partial charge in [-0.25, -0.2) is 4.39 Å². The van der Waals surface area contributed by atoms with E-state index in [9.17, 15) is 14.0 Å². The summed E-state index contributed by atoms with van der Waals surface area (Å²) in [5.41, 5.74) is 1.19. The van der Waals surface area contributed by atoms with Crippen LogP contribution in [0.4, 0.5) is 4.39 Å². The zero-order chi connectivity index (χ0) is 23.4. The summed E-state index contributed by atoms with van der Waals surface area (Å²) in [7, 11) is 0. The molecule has 172 valence electrons. The number of rotatable bonds is 8. The van der Waals surface area contributed by atoms with Gasteiger partial charge in [-0.1, -0.05) is 12.1 Å². The van der Waals surface area contributed by atoms with Crippen LogP contribution in [-0.2, 0) is 17.9 Å². The molecule has 1 aromatic heterocycles. The molecule has 1 aliphatic rings. The molecular weight excluding hydrogens is 427 g/mol. The highest BCUT2D eigenvalue weighted by Crippen LogP contribution is 2.33. The number of hydrogen-bond donors (Lipinski definition) is 0. The molecule has 1 aliphatic heterocycles. The molecule has 4 rings (SSSR count). The van der Waals surface area contributed by atoms with Gasteiger partial charge < -0.3 is 23.7 Å². The Kier molecular flexibility index (Phi) is 6.63. The van der Waals surface area contributed by atoms with Crippen molar-refractivity contribution >= 4 is 11.8 Å². The van der Waals surface area contributed by atoms with Crippen LogP contribution < -0.4 is 9.47 Å². The first kappa shape index (κ1) is 22.4. The van der Waals surface area contributed by atoms with Crippen LogP contribution in [0, 0.1) is 5.82 Å². The van der Waals surface area contributed by atoms with Gasteiger partial charge in [0.25, 0.3) is 5.91 Å². The van der Waals surface area contributed by atoms with Gasteiger partial charge in [-0.05, 0) is 61.9 Å². The van der Waals surface area contributed by atoms with Gasteiger partial charge in [0.15, 0.2) is 11.5 Å². The summed E-state index contributed by atoms with van der Waals surface area (Å²) < 4.78 is 29.4. The molecule has 0 unspecified atom stereocenters. The number of benzene rings is 2. The summed E-state index contributed by atoms with van der Waals surface area (Å²) in [6.07, 6.45) is 1.54. The molecular formula is C25H25FN2O5. The van der Waals surface area contributed by atoms with Crippen LogP contribution in [-0.4, -0.2) is 41.0 Å². The number of hydrogen-bond acceptors (Lipinski definition) is 5. The van der Waals surface area contributed by atoms with Crippen LogP contribution in [0.2, 0.25) is 0 Å². The summed E-state index contributed by atoms with van der Waals surface area (Å²) in [5.74, 6) is 0.829. The maximum Gasteiger partial charge on any atom is 0.254 e. The number of furan rings is 1. The summed E-state index contributed by atoms with van der Waals surface area (Å²) >= 11 is 0. The van der Waals surface area contributed by atoms with E-state index in [1.165, 1.54) is 17.0 Å². The molecule has 0 radical (unpaired) electrons. The monoisotopic (exact) mass is 452 g/mol. The van der Waals surface area contributed by atoms with Crippen molar-refractivity contribution < 1.29 is 27.9 Å². The highest BCUT2D eigenvalue weighted by molar-refractivity contribution is 5.97. The second-order valence-electron chi connectivity index (χ2n) is 8.05. The topological polar surface area (TPSA) is 72.2 Å². The van der Waals surface area contributed by atoms with E-state index in [1.807, 2.05) is 13.8 Å². The third-order valence-corrected chi connectivity index (χ3v) is 5.38. The normalized spacial score (nSPS) is 12.1. The Morgan fingerprint density at radius 1 is 1.00 bits per heavy atom. The fraction of sp³-hybridized carbons (Fsp3) is 0.280. The highest BCUT2D eigenvalue weighted by Gasteiger charge is 2.26. The standard InChI is InChI=1S/C25H25FN2O5/c1-17(2)28(25(30)19-7-10-22-23(12-19)33-16-32-22)15-24(29)27(14-21-4-3-11-31-21)13-18-5-8-20(26)9-6-18/h3-12,17H,13-16H2,1-2H3. The van der Waals surface area contributed by atoms with Crippen molar-refractivity contribution in [2.45, 2.75) is 33.0 Å². The average molecular weight is 452 g/mol. The smallest absolute Gasteiger partial charge is 0.254 e. The number of fused-ring (bicyclic) bond motifs is 1. The number of ether oxygens (including phenoxy) is 2. The lowest BCUT2D eigenvalue weighted by Crippen LogP contribution is -2.45.